The van der Waals surface area contributed by atoms with Gasteiger partial charge in [0.2, 0.25) is 5.91 Å². The number of amides is 1. The molecule has 1 amide bonds. The van der Waals surface area contributed by atoms with E-state index in [1.807, 2.05) is 18.2 Å². The molecular formula is C18H17N3O3S. The normalized spacial score (nSPS) is 16.6. The topological polar surface area (TPSA) is 84.0 Å². The van der Waals surface area contributed by atoms with Crippen LogP contribution in [0.4, 0.5) is 0 Å². The maximum atomic E-state index is 12.4. The van der Waals surface area contributed by atoms with E-state index in [-0.39, 0.29) is 18.5 Å². The van der Waals surface area contributed by atoms with Gasteiger partial charge in [0.1, 0.15) is 11.2 Å². The Labute approximate surface area is 147 Å². The lowest BCUT2D eigenvalue weighted by molar-refractivity contribution is -0.122. The van der Waals surface area contributed by atoms with Gasteiger partial charge in [-0.3, -0.25) is 9.59 Å². The second-order valence-corrected chi connectivity index (χ2v) is 7.11. The molecule has 3 aromatic rings. The SMILES string of the molecule is O=C(Cn1c(=O)[nH]c2ccsc2c1=O)N[C@@H]1CCCc2ccccc21. The quantitative estimate of drug-likeness (QED) is 0.753. The van der Waals surface area contributed by atoms with Gasteiger partial charge in [0, 0.05) is 0 Å². The molecule has 0 unspecified atom stereocenters. The standard InChI is InChI=1S/C18H17N3O3S/c22-15(19-13-7-3-5-11-4-1-2-6-12(11)13)10-21-17(23)16-14(8-9-25-16)20-18(21)24/h1-2,4,6,8-9,13H,3,5,7,10H2,(H,19,22)(H,20,24)/t13-/m1/s1. The van der Waals surface area contributed by atoms with Crippen molar-refractivity contribution < 1.29 is 4.79 Å². The lowest BCUT2D eigenvalue weighted by atomic mass is 9.88. The molecule has 0 saturated carbocycles. The number of nitrogens with zero attached hydrogens (tertiary/aromatic N) is 1. The number of aromatic nitrogens is 2. The predicted octanol–water partition coefficient (Wildman–Crippen LogP) is 1.95. The van der Waals surface area contributed by atoms with Gasteiger partial charge in [-0.2, -0.15) is 0 Å². The van der Waals surface area contributed by atoms with Gasteiger partial charge in [-0.15, -0.1) is 11.3 Å². The van der Waals surface area contributed by atoms with Crippen LogP contribution < -0.4 is 16.6 Å². The Bertz CT molecular complexity index is 1060. The first-order valence-corrected chi connectivity index (χ1v) is 9.09. The minimum Gasteiger partial charge on any atom is -0.348 e. The monoisotopic (exact) mass is 355 g/mol. The van der Waals surface area contributed by atoms with Crippen molar-refractivity contribution in [2.75, 3.05) is 0 Å². The summed E-state index contributed by atoms with van der Waals surface area (Å²) in [6, 6.07) is 9.68. The molecule has 0 radical (unpaired) electrons. The zero-order valence-corrected chi connectivity index (χ0v) is 14.3. The fraction of sp³-hybridized carbons (Fsp3) is 0.278. The Hall–Kier alpha value is -2.67. The molecular weight excluding hydrogens is 338 g/mol. The van der Waals surface area contributed by atoms with Gasteiger partial charge in [-0.1, -0.05) is 24.3 Å². The predicted molar refractivity (Wildman–Crippen MR) is 97.0 cm³/mol. The lowest BCUT2D eigenvalue weighted by Crippen LogP contribution is -2.41. The lowest BCUT2D eigenvalue weighted by Gasteiger charge is -2.26. The number of fused-ring (bicyclic) bond motifs is 2. The van der Waals surface area contributed by atoms with Crippen LogP contribution in [0.5, 0.6) is 0 Å². The van der Waals surface area contributed by atoms with E-state index in [0.717, 1.165) is 29.4 Å². The van der Waals surface area contributed by atoms with Crippen LogP contribution in [0.15, 0.2) is 45.3 Å². The maximum Gasteiger partial charge on any atom is 0.329 e. The summed E-state index contributed by atoms with van der Waals surface area (Å²) in [5, 5.41) is 4.71. The summed E-state index contributed by atoms with van der Waals surface area (Å²) in [7, 11) is 0. The van der Waals surface area contributed by atoms with Crippen molar-refractivity contribution in [1.29, 1.82) is 0 Å². The van der Waals surface area contributed by atoms with Gasteiger partial charge < -0.3 is 10.3 Å². The molecule has 0 fully saturated rings. The Morgan fingerprint density at radius 2 is 2.12 bits per heavy atom. The van der Waals surface area contributed by atoms with Crippen molar-refractivity contribution >= 4 is 27.5 Å². The molecule has 1 aliphatic carbocycles. The van der Waals surface area contributed by atoms with E-state index < -0.39 is 11.2 Å². The highest BCUT2D eigenvalue weighted by Crippen LogP contribution is 2.29. The summed E-state index contributed by atoms with van der Waals surface area (Å²) in [4.78, 5) is 39.6. The highest BCUT2D eigenvalue weighted by atomic mass is 32.1. The molecule has 2 N–H and O–H groups in total. The molecule has 2 heterocycles. The minimum absolute atomic E-state index is 0.0716. The Morgan fingerprint density at radius 1 is 1.28 bits per heavy atom. The number of carbonyl (C=O) groups is 1. The molecule has 4 rings (SSSR count). The Morgan fingerprint density at radius 3 is 3.00 bits per heavy atom. The van der Waals surface area contributed by atoms with Crippen molar-refractivity contribution in [3.05, 3.63) is 67.7 Å². The third-order valence-electron chi connectivity index (χ3n) is 4.60. The van der Waals surface area contributed by atoms with Crippen LogP contribution in [0.3, 0.4) is 0 Å². The van der Waals surface area contributed by atoms with E-state index in [2.05, 4.69) is 16.4 Å². The number of hydrogen-bond donors (Lipinski definition) is 2. The van der Waals surface area contributed by atoms with E-state index in [9.17, 15) is 14.4 Å². The number of rotatable bonds is 3. The van der Waals surface area contributed by atoms with Crippen molar-refractivity contribution in [3.63, 3.8) is 0 Å². The molecule has 1 aliphatic rings. The van der Waals surface area contributed by atoms with Gasteiger partial charge in [0.25, 0.3) is 5.56 Å². The van der Waals surface area contributed by atoms with Crippen molar-refractivity contribution in [3.8, 4) is 0 Å². The third kappa shape index (κ3) is 2.91. The van der Waals surface area contributed by atoms with Gasteiger partial charge >= 0.3 is 5.69 Å². The molecule has 1 atom stereocenters. The average molecular weight is 355 g/mol. The van der Waals surface area contributed by atoms with Crippen LogP contribution in [-0.4, -0.2) is 15.5 Å². The van der Waals surface area contributed by atoms with E-state index in [1.54, 1.807) is 11.4 Å². The summed E-state index contributed by atoms with van der Waals surface area (Å²) in [5.41, 5.74) is 1.90. The second-order valence-electron chi connectivity index (χ2n) is 6.20. The number of thiophene rings is 1. The first kappa shape index (κ1) is 15.8. The summed E-state index contributed by atoms with van der Waals surface area (Å²) in [6.07, 6.45) is 2.87. The molecule has 0 saturated heterocycles. The van der Waals surface area contributed by atoms with Crippen LogP contribution in [0.25, 0.3) is 10.2 Å². The van der Waals surface area contributed by atoms with Gasteiger partial charge in [-0.05, 0) is 41.8 Å². The molecule has 6 nitrogen and oxygen atoms in total. The van der Waals surface area contributed by atoms with Crippen molar-refractivity contribution in [2.45, 2.75) is 31.8 Å². The summed E-state index contributed by atoms with van der Waals surface area (Å²) >= 11 is 1.26. The molecule has 2 aromatic heterocycles. The van der Waals surface area contributed by atoms with Crippen LogP contribution in [0.2, 0.25) is 0 Å². The highest BCUT2D eigenvalue weighted by Gasteiger charge is 2.22. The third-order valence-corrected chi connectivity index (χ3v) is 5.50. The van der Waals surface area contributed by atoms with Gasteiger partial charge in [-0.25, -0.2) is 9.36 Å². The molecule has 0 aliphatic heterocycles. The first-order chi connectivity index (χ1) is 12.1. The van der Waals surface area contributed by atoms with Crippen molar-refractivity contribution in [2.24, 2.45) is 0 Å². The number of aromatic amines is 1. The fourth-order valence-corrected chi connectivity index (χ4v) is 4.20. The second kappa shape index (κ2) is 6.33. The molecule has 0 bridgehead atoms. The van der Waals surface area contributed by atoms with Crippen LogP contribution in [-0.2, 0) is 17.8 Å². The summed E-state index contributed by atoms with van der Waals surface area (Å²) in [6.45, 7) is -0.277. The maximum absolute atomic E-state index is 12.4. The molecule has 0 spiro atoms. The van der Waals surface area contributed by atoms with Crippen molar-refractivity contribution in [1.82, 2.24) is 14.9 Å². The molecule has 1 aromatic carbocycles. The summed E-state index contributed by atoms with van der Waals surface area (Å²) < 4.78 is 1.42. The summed E-state index contributed by atoms with van der Waals surface area (Å²) in [5.74, 6) is -0.329. The van der Waals surface area contributed by atoms with Crippen LogP contribution in [0, 0.1) is 0 Å². The van der Waals surface area contributed by atoms with Gasteiger partial charge in [0.15, 0.2) is 0 Å². The van der Waals surface area contributed by atoms with Gasteiger partial charge in [0.05, 0.1) is 11.6 Å². The molecule has 7 heteroatoms. The number of aryl methyl sites for hydroxylation is 1. The zero-order chi connectivity index (χ0) is 17.4. The largest absolute Gasteiger partial charge is 0.348 e. The number of carbonyl (C=O) groups excluding carboxylic acids is 1. The Kier molecular flexibility index (Phi) is 4.01. The van der Waals surface area contributed by atoms with Crippen LogP contribution in [0.1, 0.15) is 30.0 Å². The fourth-order valence-electron chi connectivity index (χ4n) is 3.40. The zero-order valence-electron chi connectivity index (χ0n) is 13.5. The number of benzene rings is 1. The smallest absolute Gasteiger partial charge is 0.329 e. The highest BCUT2D eigenvalue weighted by molar-refractivity contribution is 7.17. The molecule has 128 valence electrons. The van der Waals surface area contributed by atoms with E-state index in [4.69, 9.17) is 0 Å². The first-order valence-electron chi connectivity index (χ1n) is 8.21. The number of H-pyrrole nitrogens is 1. The molecule has 25 heavy (non-hydrogen) atoms. The van der Waals surface area contributed by atoms with E-state index >= 15 is 0 Å². The Balaban J connectivity index is 1.58. The minimum atomic E-state index is -0.560. The number of hydrogen-bond acceptors (Lipinski definition) is 4. The van der Waals surface area contributed by atoms with E-state index in [0.29, 0.717) is 10.2 Å². The number of nitrogens with one attached hydrogen (secondary N) is 2. The average Bonchev–Trinajstić information content (AvgIpc) is 3.07. The van der Waals surface area contributed by atoms with E-state index in [1.165, 1.54) is 16.9 Å². The van der Waals surface area contributed by atoms with Crippen LogP contribution >= 0.6 is 11.3 Å².